The van der Waals surface area contributed by atoms with Gasteiger partial charge in [-0.1, -0.05) is 84.9 Å². The molecule has 0 radical (unpaired) electrons. The first-order valence-corrected chi connectivity index (χ1v) is 12.9. The third-order valence-electron chi connectivity index (χ3n) is 7.55. The third kappa shape index (κ3) is 6.07. The monoisotopic (exact) mass is 528 g/mol. The molecular weight excluding hydrogens is 496 g/mol. The summed E-state index contributed by atoms with van der Waals surface area (Å²) in [5, 5.41) is 15.4. The smallest absolute Gasteiger partial charge is 0.335 e. The molecule has 5 nitrogen and oxygen atoms in total. The number of hydrogen-bond acceptors (Lipinski definition) is 3. The maximum atomic E-state index is 13.3. The van der Waals surface area contributed by atoms with Crippen molar-refractivity contribution in [3.8, 4) is 0 Å². The highest BCUT2D eigenvalue weighted by molar-refractivity contribution is 5.88. The van der Waals surface area contributed by atoms with Gasteiger partial charge in [0.1, 0.15) is 0 Å². The summed E-state index contributed by atoms with van der Waals surface area (Å²) >= 11 is 0. The number of carbonyl (C=O) groups excluding carboxylic acids is 1. The summed E-state index contributed by atoms with van der Waals surface area (Å²) in [6, 6.07) is 32.1. The zero-order valence-corrected chi connectivity index (χ0v) is 22.2. The number of aromatic carboxylic acids is 1. The Hall–Kier alpha value is -3.67. The SMILES string of the molecule is C[C@@H](NC[C@H]1CN(C(=O)Cc2ccc(C(=O)O)cc2)C[C@@H]1c1ccccc1)c1cccc2ccccc12.Cl. The molecule has 38 heavy (non-hydrogen) atoms. The van der Waals surface area contributed by atoms with Crippen LogP contribution >= 0.6 is 12.4 Å². The molecule has 0 bridgehead atoms. The van der Waals surface area contributed by atoms with E-state index in [9.17, 15) is 9.59 Å². The number of carbonyl (C=O) groups is 2. The summed E-state index contributed by atoms with van der Waals surface area (Å²) in [5.41, 5.74) is 3.60. The highest BCUT2D eigenvalue weighted by Crippen LogP contribution is 2.33. The van der Waals surface area contributed by atoms with E-state index in [1.807, 2.05) is 11.0 Å². The number of hydrogen-bond donors (Lipinski definition) is 2. The van der Waals surface area contributed by atoms with Crippen molar-refractivity contribution in [2.24, 2.45) is 5.92 Å². The van der Waals surface area contributed by atoms with Gasteiger partial charge >= 0.3 is 5.97 Å². The molecule has 4 aromatic carbocycles. The maximum absolute atomic E-state index is 13.3. The van der Waals surface area contributed by atoms with Crippen LogP contribution in [0.3, 0.4) is 0 Å². The Balaban J connectivity index is 0.00000336. The molecule has 0 saturated carbocycles. The van der Waals surface area contributed by atoms with Crippen molar-refractivity contribution in [1.29, 1.82) is 0 Å². The molecule has 2 N–H and O–H groups in total. The van der Waals surface area contributed by atoms with E-state index < -0.39 is 5.97 Å². The number of fused-ring (bicyclic) bond motifs is 1. The van der Waals surface area contributed by atoms with Gasteiger partial charge in [-0.15, -0.1) is 12.4 Å². The molecule has 4 aromatic rings. The molecule has 0 spiro atoms. The van der Waals surface area contributed by atoms with Crippen LogP contribution in [0.4, 0.5) is 0 Å². The number of nitrogens with zero attached hydrogens (tertiary/aromatic N) is 1. The Kier molecular flexibility index (Phi) is 8.82. The van der Waals surface area contributed by atoms with Crippen molar-refractivity contribution in [2.45, 2.75) is 25.3 Å². The number of likely N-dealkylation sites (tertiary alicyclic amines) is 1. The summed E-state index contributed by atoms with van der Waals surface area (Å²) in [6.45, 7) is 4.39. The first kappa shape index (κ1) is 27.4. The minimum absolute atomic E-state index is 0. The van der Waals surface area contributed by atoms with E-state index in [1.165, 1.54) is 21.9 Å². The maximum Gasteiger partial charge on any atom is 0.335 e. The fourth-order valence-corrected chi connectivity index (χ4v) is 5.48. The number of nitrogens with one attached hydrogen (secondary N) is 1. The average Bonchev–Trinajstić information content (AvgIpc) is 3.37. The standard InChI is InChI=1S/C32H32N2O3.ClH/c1-22(28-13-7-11-24-10-5-6-12-29(24)28)33-19-27-20-34(21-30(27)25-8-3-2-4-9-25)31(35)18-23-14-16-26(17-15-23)32(36)37;/h2-17,22,27,30,33H,18-21H2,1H3,(H,36,37);1H/t22-,27+,30-;/m1./s1. The van der Waals surface area contributed by atoms with Crippen molar-refractivity contribution >= 4 is 35.1 Å². The number of carboxylic acids is 1. The lowest BCUT2D eigenvalue weighted by Crippen LogP contribution is -2.32. The van der Waals surface area contributed by atoms with E-state index >= 15 is 0 Å². The zero-order valence-electron chi connectivity index (χ0n) is 21.4. The number of rotatable bonds is 8. The van der Waals surface area contributed by atoms with Gasteiger partial charge in [0, 0.05) is 31.6 Å². The fourth-order valence-electron chi connectivity index (χ4n) is 5.48. The minimum atomic E-state index is -0.962. The van der Waals surface area contributed by atoms with Crippen LogP contribution in [-0.2, 0) is 11.2 Å². The molecule has 3 atom stereocenters. The summed E-state index contributed by atoms with van der Waals surface area (Å²) < 4.78 is 0. The van der Waals surface area contributed by atoms with Crippen molar-refractivity contribution in [3.05, 3.63) is 119 Å². The largest absolute Gasteiger partial charge is 0.478 e. The second-order valence-electron chi connectivity index (χ2n) is 9.95. The van der Waals surface area contributed by atoms with Gasteiger partial charge in [-0.25, -0.2) is 4.79 Å². The van der Waals surface area contributed by atoms with Crippen LogP contribution in [0.15, 0.2) is 97.1 Å². The van der Waals surface area contributed by atoms with Gasteiger partial charge < -0.3 is 15.3 Å². The van der Waals surface area contributed by atoms with Gasteiger partial charge in [0.15, 0.2) is 0 Å². The average molecular weight is 529 g/mol. The van der Waals surface area contributed by atoms with Crippen molar-refractivity contribution in [1.82, 2.24) is 10.2 Å². The Bertz CT molecular complexity index is 1390. The number of halogens is 1. The molecule has 1 amide bonds. The third-order valence-corrected chi connectivity index (χ3v) is 7.55. The Morgan fingerprint density at radius 1 is 0.895 bits per heavy atom. The Labute approximate surface area is 229 Å². The van der Waals surface area contributed by atoms with Crippen LogP contribution in [0.1, 0.15) is 45.9 Å². The molecule has 0 unspecified atom stereocenters. The van der Waals surface area contributed by atoms with Crippen molar-refractivity contribution in [2.75, 3.05) is 19.6 Å². The predicted molar refractivity (Wildman–Crippen MR) is 154 cm³/mol. The van der Waals surface area contributed by atoms with Crippen LogP contribution in [0, 0.1) is 5.92 Å². The lowest BCUT2D eigenvalue weighted by molar-refractivity contribution is -0.129. The molecular formula is C32H33ClN2O3. The lowest BCUT2D eigenvalue weighted by atomic mass is 9.88. The van der Waals surface area contributed by atoms with Crippen LogP contribution in [-0.4, -0.2) is 41.5 Å². The number of carboxylic acid groups (broad SMARTS) is 1. The molecule has 5 rings (SSSR count). The van der Waals surface area contributed by atoms with Crippen molar-refractivity contribution in [3.63, 3.8) is 0 Å². The summed E-state index contributed by atoms with van der Waals surface area (Å²) in [4.78, 5) is 26.4. The van der Waals surface area contributed by atoms with Crippen LogP contribution < -0.4 is 5.32 Å². The van der Waals surface area contributed by atoms with Crippen LogP contribution in [0.25, 0.3) is 10.8 Å². The molecule has 1 aliphatic rings. The zero-order chi connectivity index (χ0) is 25.8. The molecule has 1 saturated heterocycles. The highest BCUT2D eigenvalue weighted by atomic mass is 35.5. The molecule has 196 valence electrons. The van der Waals surface area contributed by atoms with Gasteiger partial charge in [0.2, 0.25) is 5.91 Å². The molecule has 1 fully saturated rings. The van der Waals surface area contributed by atoms with Crippen LogP contribution in [0.5, 0.6) is 0 Å². The first-order valence-electron chi connectivity index (χ1n) is 12.9. The normalized spacial score (nSPS) is 17.7. The molecule has 6 heteroatoms. The van der Waals surface area contributed by atoms with Gasteiger partial charge in [0.25, 0.3) is 0 Å². The van der Waals surface area contributed by atoms with E-state index in [-0.39, 0.29) is 48.2 Å². The Morgan fingerprint density at radius 2 is 1.58 bits per heavy atom. The highest BCUT2D eigenvalue weighted by Gasteiger charge is 2.36. The summed E-state index contributed by atoms with van der Waals surface area (Å²) in [5.74, 6) is -0.338. The van der Waals surface area contributed by atoms with E-state index in [0.29, 0.717) is 13.1 Å². The molecule has 0 aromatic heterocycles. The van der Waals surface area contributed by atoms with E-state index in [2.05, 4.69) is 79.0 Å². The number of amides is 1. The number of benzene rings is 4. The van der Waals surface area contributed by atoms with Crippen LogP contribution in [0.2, 0.25) is 0 Å². The van der Waals surface area contributed by atoms with E-state index in [1.54, 1.807) is 24.3 Å². The first-order chi connectivity index (χ1) is 18.0. The summed E-state index contributed by atoms with van der Waals surface area (Å²) in [6.07, 6.45) is 0.272. The van der Waals surface area contributed by atoms with Crippen molar-refractivity contribution < 1.29 is 14.7 Å². The molecule has 1 heterocycles. The minimum Gasteiger partial charge on any atom is -0.478 e. The second-order valence-corrected chi connectivity index (χ2v) is 9.95. The summed E-state index contributed by atoms with van der Waals surface area (Å²) in [7, 11) is 0. The van der Waals surface area contributed by atoms with E-state index in [0.717, 1.165) is 12.1 Å². The predicted octanol–water partition coefficient (Wildman–Crippen LogP) is 6.10. The van der Waals surface area contributed by atoms with Gasteiger partial charge in [0.05, 0.1) is 12.0 Å². The quantitative estimate of drug-likeness (QED) is 0.290. The van der Waals surface area contributed by atoms with E-state index in [4.69, 9.17) is 5.11 Å². The second kappa shape index (κ2) is 12.2. The van der Waals surface area contributed by atoms with Gasteiger partial charge in [-0.3, -0.25) is 4.79 Å². The fraction of sp³-hybridized carbons (Fsp3) is 0.250. The van der Waals surface area contributed by atoms with Gasteiger partial charge in [-0.2, -0.15) is 0 Å². The molecule has 1 aliphatic heterocycles. The van der Waals surface area contributed by atoms with Gasteiger partial charge in [-0.05, 0) is 52.4 Å². The topological polar surface area (TPSA) is 69.6 Å². The lowest BCUT2D eigenvalue weighted by Gasteiger charge is -2.23. The molecule has 0 aliphatic carbocycles. The Morgan fingerprint density at radius 3 is 2.32 bits per heavy atom.